The molecule has 4 aromatic rings. The molecule has 0 spiro atoms. The van der Waals surface area contributed by atoms with Crippen LogP contribution in [0, 0.1) is 5.82 Å². The van der Waals surface area contributed by atoms with E-state index in [9.17, 15) is 22.4 Å². The first-order valence-corrected chi connectivity index (χ1v) is 12.1. The van der Waals surface area contributed by atoms with Gasteiger partial charge in [0.05, 0.1) is 16.1 Å². The van der Waals surface area contributed by atoms with Gasteiger partial charge in [-0.15, -0.1) is 0 Å². The summed E-state index contributed by atoms with van der Waals surface area (Å²) >= 11 is 0. The van der Waals surface area contributed by atoms with Crippen molar-refractivity contribution in [2.24, 2.45) is 0 Å². The third-order valence-electron chi connectivity index (χ3n) is 5.14. The van der Waals surface area contributed by atoms with E-state index in [1.807, 2.05) is 0 Å². The molecule has 0 aliphatic heterocycles. The molecule has 0 saturated carbocycles. The summed E-state index contributed by atoms with van der Waals surface area (Å²) in [5.41, 5.74) is 0.746. The number of Topliss-reactive ketones (excluding diaryl/α,β-unsaturated/α-hetero) is 1. The van der Waals surface area contributed by atoms with E-state index in [1.165, 1.54) is 42.5 Å². The van der Waals surface area contributed by atoms with Crippen molar-refractivity contribution >= 4 is 27.5 Å². The van der Waals surface area contributed by atoms with Crippen LogP contribution in [0.3, 0.4) is 0 Å². The first kappa shape index (κ1) is 23.8. The third-order valence-corrected chi connectivity index (χ3v) is 6.52. The quantitative estimate of drug-likeness (QED) is 0.264. The van der Waals surface area contributed by atoms with E-state index in [1.54, 1.807) is 60.7 Å². The second-order valence-corrected chi connectivity index (χ2v) is 9.22. The van der Waals surface area contributed by atoms with Gasteiger partial charge in [-0.2, -0.15) is 0 Å². The van der Waals surface area contributed by atoms with E-state index >= 15 is 0 Å². The minimum Gasteiger partial charge on any atom is -0.445 e. The van der Waals surface area contributed by atoms with E-state index in [2.05, 4.69) is 4.72 Å². The van der Waals surface area contributed by atoms with Crippen molar-refractivity contribution in [2.75, 3.05) is 4.72 Å². The van der Waals surface area contributed by atoms with Crippen LogP contribution in [-0.4, -0.2) is 20.2 Å². The molecule has 1 atom stereocenters. The lowest BCUT2D eigenvalue weighted by molar-refractivity contribution is 0.0280. The number of ether oxygens (including phenoxy) is 1. The minimum atomic E-state index is -4.09. The topological polar surface area (TPSA) is 89.5 Å². The molecule has 0 radical (unpaired) electrons. The molecule has 0 amide bonds. The predicted molar refractivity (Wildman–Crippen MR) is 129 cm³/mol. The number of anilines is 1. The van der Waals surface area contributed by atoms with Gasteiger partial charge < -0.3 is 4.74 Å². The van der Waals surface area contributed by atoms with Gasteiger partial charge in [-0.25, -0.2) is 17.6 Å². The highest BCUT2D eigenvalue weighted by Crippen LogP contribution is 2.25. The summed E-state index contributed by atoms with van der Waals surface area (Å²) in [6.45, 7) is 0. The normalized spacial score (nSPS) is 11.9. The molecule has 6 nitrogen and oxygen atoms in total. The lowest BCUT2D eigenvalue weighted by atomic mass is 10.00. The summed E-state index contributed by atoms with van der Waals surface area (Å²) in [5, 5.41) is 0. The number of carbonyl (C=O) groups excluding carboxylic acids is 2. The zero-order chi connectivity index (χ0) is 24.8. The Morgan fingerprint density at radius 3 is 1.91 bits per heavy atom. The molecule has 1 N–H and O–H groups in total. The first-order valence-electron chi connectivity index (χ1n) is 10.6. The van der Waals surface area contributed by atoms with Crippen molar-refractivity contribution in [2.45, 2.75) is 11.0 Å². The van der Waals surface area contributed by atoms with Gasteiger partial charge in [-0.1, -0.05) is 72.8 Å². The summed E-state index contributed by atoms with van der Waals surface area (Å²) in [6.07, 6.45) is -1.18. The highest BCUT2D eigenvalue weighted by Gasteiger charge is 2.27. The van der Waals surface area contributed by atoms with Gasteiger partial charge >= 0.3 is 5.97 Å². The fraction of sp³-hybridized carbons (Fsp3) is 0.0370. The molecule has 0 aromatic heterocycles. The Morgan fingerprint density at radius 1 is 0.714 bits per heavy atom. The number of carbonyl (C=O) groups is 2. The summed E-state index contributed by atoms with van der Waals surface area (Å²) in [6, 6.07) is 27.4. The molecule has 4 rings (SSSR count). The number of hydrogen-bond acceptors (Lipinski definition) is 5. The molecular weight excluding hydrogens is 469 g/mol. The van der Waals surface area contributed by atoms with Crippen LogP contribution in [0.5, 0.6) is 0 Å². The highest BCUT2D eigenvalue weighted by molar-refractivity contribution is 7.92. The van der Waals surface area contributed by atoms with Crippen LogP contribution < -0.4 is 4.72 Å². The van der Waals surface area contributed by atoms with Gasteiger partial charge in [-0.3, -0.25) is 9.52 Å². The molecule has 35 heavy (non-hydrogen) atoms. The second-order valence-electron chi connectivity index (χ2n) is 7.54. The van der Waals surface area contributed by atoms with Crippen LogP contribution in [0.4, 0.5) is 10.1 Å². The smallest absolute Gasteiger partial charge is 0.339 e. The van der Waals surface area contributed by atoms with Crippen molar-refractivity contribution in [3.63, 3.8) is 0 Å². The van der Waals surface area contributed by atoms with E-state index < -0.39 is 33.7 Å². The molecule has 0 saturated heterocycles. The summed E-state index contributed by atoms with van der Waals surface area (Å²) in [5.74, 6) is -1.90. The van der Waals surface area contributed by atoms with Gasteiger partial charge in [0.15, 0.2) is 6.10 Å². The number of hydrogen-bond donors (Lipinski definition) is 1. The molecule has 4 aromatic carbocycles. The van der Waals surface area contributed by atoms with Crippen LogP contribution in [0.1, 0.15) is 32.4 Å². The maximum atomic E-state index is 13.8. The number of benzene rings is 4. The zero-order valence-corrected chi connectivity index (χ0v) is 19.1. The van der Waals surface area contributed by atoms with Crippen LogP contribution in [0.15, 0.2) is 114 Å². The molecule has 0 heterocycles. The lowest BCUT2D eigenvalue weighted by Gasteiger charge is -2.17. The van der Waals surface area contributed by atoms with Crippen LogP contribution in [0.2, 0.25) is 0 Å². The SMILES string of the molecule is O=C(OC(C(=O)c1ccccc1)c1ccccc1)c1ccc(S(=O)(=O)Nc2ccccc2F)cc1. The van der Waals surface area contributed by atoms with E-state index in [4.69, 9.17) is 4.74 Å². The number of halogens is 1. The average Bonchev–Trinajstić information content (AvgIpc) is 2.89. The number of sulfonamides is 1. The van der Waals surface area contributed by atoms with Crippen molar-refractivity contribution in [3.05, 3.63) is 132 Å². The van der Waals surface area contributed by atoms with Gasteiger partial charge in [0, 0.05) is 11.1 Å². The lowest BCUT2D eigenvalue weighted by Crippen LogP contribution is -2.20. The Bertz CT molecular complexity index is 1440. The van der Waals surface area contributed by atoms with Crippen molar-refractivity contribution in [1.82, 2.24) is 0 Å². The van der Waals surface area contributed by atoms with Crippen LogP contribution in [-0.2, 0) is 14.8 Å². The molecule has 8 heteroatoms. The molecule has 0 fully saturated rings. The van der Waals surface area contributed by atoms with E-state index in [0.29, 0.717) is 11.1 Å². The summed E-state index contributed by atoms with van der Waals surface area (Å²) < 4.78 is 46.8. The molecule has 176 valence electrons. The molecule has 0 aliphatic rings. The predicted octanol–water partition coefficient (Wildman–Crippen LogP) is 5.41. The number of rotatable bonds is 8. The van der Waals surface area contributed by atoms with Crippen LogP contribution >= 0.6 is 0 Å². The Kier molecular flexibility index (Phi) is 7.03. The second kappa shape index (κ2) is 10.3. The maximum Gasteiger partial charge on any atom is 0.339 e. The van der Waals surface area contributed by atoms with Gasteiger partial charge in [0.25, 0.3) is 10.0 Å². The van der Waals surface area contributed by atoms with Gasteiger partial charge in [0.2, 0.25) is 5.78 Å². The third kappa shape index (κ3) is 5.62. The maximum absolute atomic E-state index is 13.8. The average molecular weight is 490 g/mol. The number of esters is 1. The molecule has 1 unspecified atom stereocenters. The minimum absolute atomic E-state index is 0.0524. The molecule has 0 bridgehead atoms. The number of nitrogens with one attached hydrogen (secondary N) is 1. The highest BCUT2D eigenvalue weighted by atomic mass is 32.2. The van der Waals surface area contributed by atoms with E-state index in [0.717, 1.165) is 6.07 Å². The molecular formula is C27H20FNO5S. The van der Waals surface area contributed by atoms with Crippen LogP contribution in [0.25, 0.3) is 0 Å². The molecule has 0 aliphatic carbocycles. The number of ketones is 1. The van der Waals surface area contributed by atoms with Crippen molar-refractivity contribution in [1.29, 1.82) is 0 Å². The van der Waals surface area contributed by atoms with Gasteiger partial charge in [-0.05, 0) is 36.4 Å². The van der Waals surface area contributed by atoms with E-state index in [-0.39, 0.29) is 16.1 Å². The Balaban J connectivity index is 1.55. The van der Waals surface area contributed by atoms with Crippen molar-refractivity contribution < 1.29 is 27.1 Å². The van der Waals surface area contributed by atoms with Gasteiger partial charge in [0.1, 0.15) is 5.82 Å². The Morgan fingerprint density at radius 2 is 1.29 bits per heavy atom. The zero-order valence-electron chi connectivity index (χ0n) is 18.3. The van der Waals surface area contributed by atoms with Crippen molar-refractivity contribution in [3.8, 4) is 0 Å². The fourth-order valence-electron chi connectivity index (χ4n) is 3.35. The number of para-hydroxylation sites is 1. The monoisotopic (exact) mass is 489 g/mol. The standard InChI is InChI=1S/C27H20FNO5S/c28-23-13-7-8-14-24(23)29-35(32,33)22-17-15-21(16-18-22)27(31)34-26(20-11-5-2-6-12-20)25(30)19-9-3-1-4-10-19/h1-18,26,29H. The summed E-state index contributed by atoms with van der Waals surface area (Å²) in [4.78, 5) is 25.8. The Labute approximate surface area is 202 Å². The Hall–Kier alpha value is -4.30. The first-order chi connectivity index (χ1) is 16.8. The summed E-state index contributed by atoms with van der Waals surface area (Å²) in [7, 11) is -4.09. The largest absolute Gasteiger partial charge is 0.445 e. The fourth-order valence-corrected chi connectivity index (χ4v) is 4.41.